The van der Waals surface area contributed by atoms with Crippen molar-refractivity contribution in [1.29, 1.82) is 0 Å². The molecule has 0 spiro atoms. The molecule has 3 nitrogen and oxygen atoms in total. The average Bonchev–Trinajstić information content (AvgIpc) is 2.71. The third-order valence-electron chi connectivity index (χ3n) is 2.36. The molecule has 0 aliphatic carbocycles. The van der Waals surface area contributed by atoms with Crippen LogP contribution in [0.1, 0.15) is 12.2 Å². The smallest absolute Gasteiger partial charge is 0.148 e. The van der Waals surface area contributed by atoms with Gasteiger partial charge in [-0.3, -0.25) is 9.69 Å². The number of ketones is 1. The van der Waals surface area contributed by atoms with E-state index in [2.05, 4.69) is 4.90 Å². The molecule has 1 saturated heterocycles. The van der Waals surface area contributed by atoms with Gasteiger partial charge in [-0.25, -0.2) is 0 Å². The number of furan rings is 1. The van der Waals surface area contributed by atoms with E-state index in [0.717, 1.165) is 31.7 Å². The van der Waals surface area contributed by atoms with E-state index < -0.39 is 0 Å². The van der Waals surface area contributed by atoms with Crippen LogP contribution in [0, 0.1) is 0 Å². The number of likely N-dealkylation sites (tertiary alicyclic amines) is 1. The van der Waals surface area contributed by atoms with Gasteiger partial charge in [-0.1, -0.05) is 0 Å². The predicted octanol–water partition coefficient (Wildman–Crippen LogP) is 1.10. The number of hydrogen-bond acceptors (Lipinski definition) is 3. The van der Waals surface area contributed by atoms with Crippen molar-refractivity contribution in [3.63, 3.8) is 0 Å². The average molecular weight is 179 g/mol. The molecule has 0 aromatic carbocycles. The van der Waals surface area contributed by atoms with E-state index in [1.165, 1.54) is 0 Å². The van der Waals surface area contributed by atoms with Crippen molar-refractivity contribution < 1.29 is 9.21 Å². The Morgan fingerprint density at radius 3 is 3.08 bits per heavy atom. The lowest BCUT2D eigenvalue weighted by atomic mass is 10.3. The first-order valence-electron chi connectivity index (χ1n) is 4.61. The summed E-state index contributed by atoms with van der Waals surface area (Å²) in [7, 11) is 0. The van der Waals surface area contributed by atoms with Gasteiger partial charge in [-0.05, 0) is 12.1 Å². The van der Waals surface area contributed by atoms with E-state index in [-0.39, 0.29) is 0 Å². The highest BCUT2D eigenvalue weighted by Gasteiger charge is 2.18. The first-order chi connectivity index (χ1) is 6.34. The monoisotopic (exact) mass is 179 g/mol. The van der Waals surface area contributed by atoms with Gasteiger partial charge in [0.25, 0.3) is 0 Å². The quantitative estimate of drug-likeness (QED) is 0.696. The number of nitrogens with zero attached hydrogens (tertiary/aromatic N) is 1. The van der Waals surface area contributed by atoms with Crippen LogP contribution in [0.3, 0.4) is 0 Å². The maximum absolute atomic E-state index is 10.9. The number of carbonyl (C=O) groups excluding carboxylic acids is 1. The minimum absolute atomic E-state index is 0.361. The Morgan fingerprint density at radius 2 is 2.46 bits per heavy atom. The predicted molar refractivity (Wildman–Crippen MR) is 48.5 cm³/mol. The maximum atomic E-state index is 10.9. The van der Waals surface area contributed by atoms with Gasteiger partial charge in [0.15, 0.2) is 0 Å². The standard InChI is InChI=1S/C10H13NO2/c12-9-3-5-11(8-9)6-4-10-2-1-7-13-10/h1-2,7H,3-6,8H2. The molecule has 3 heteroatoms. The molecule has 2 heterocycles. The Labute approximate surface area is 77.3 Å². The molecule has 1 fully saturated rings. The zero-order valence-electron chi connectivity index (χ0n) is 7.53. The summed E-state index contributed by atoms with van der Waals surface area (Å²) in [5.74, 6) is 1.36. The van der Waals surface area contributed by atoms with Gasteiger partial charge < -0.3 is 4.42 Å². The minimum Gasteiger partial charge on any atom is -0.469 e. The third-order valence-corrected chi connectivity index (χ3v) is 2.36. The molecule has 0 N–H and O–H groups in total. The van der Waals surface area contributed by atoms with Crippen molar-refractivity contribution in [2.24, 2.45) is 0 Å². The molecule has 0 bridgehead atoms. The zero-order chi connectivity index (χ0) is 9.10. The summed E-state index contributed by atoms with van der Waals surface area (Å²) >= 11 is 0. The zero-order valence-corrected chi connectivity index (χ0v) is 7.53. The van der Waals surface area contributed by atoms with Crippen LogP contribution in [0.2, 0.25) is 0 Å². The lowest BCUT2D eigenvalue weighted by Gasteiger charge is -2.11. The summed E-state index contributed by atoms with van der Waals surface area (Å²) < 4.78 is 5.21. The second kappa shape index (κ2) is 3.75. The van der Waals surface area contributed by atoms with Gasteiger partial charge in [0.05, 0.1) is 12.8 Å². The summed E-state index contributed by atoms with van der Waals surface area (Å²) in [5, 5.41) is 0. The van der Waals surface area contributed by atoms with Gasteiger partial charge in [0.2, 0.25) is 0 Å². The molecule has 1 aliphatic rings. The number of hydrogen-bond donors (Lipinski definition) is 0. The second-order valence-corrected chi connectivity index (χ2v) is 3.39. The van der Waals surface area contributed by atoms with Crippen LogP contribution >= 0.6 is 0 Å². The van der Waals surface area contributed by atoms with Crippen LogP contribution in [0.25, 0.3) is 0 Å². The Bertz CT molecular complexity index is 279. The van der Waals surface area contributed by atoms with Gasteiger partial charge in [0.1, 0.15) is 11.5 Å². The Balaban J connectivity index is 1.77. The fourth-order valence-corrected chi connectivity index (χ4v) is 1.60. The first kappa shape index (κ1) is 8.51. The lowest BCUT2D eigenvalue weighted by molar-refractivity contribution is -0.116. The fourth-order valence-electron chi connectivity index (χ4n) is 1.60. The van der Waals surface area contributed by atoms with Crippen molar-refractivity contribution >= 4 is 5.78 Å². The number of rotatable bonds is 3. The highest BCUT2D eigenvalue weighted by Crippen LogP contribution is 2.07. The summed E-state index contributed by atoms with van der Waals surface area (Å²) in [6, 6.07) is 3.86. The van der Waals surface area contributed by atoms with Crippen LogP contribution in [0.15, 0.2) is 22.8 Å². The summed E-state index contributed by atoms with van der Waals surface area (Å²) in [5.41, 5.74) is 0. The number of Topliss-reactive ketones (excluding diaryl/α,β-unsaturated/α-hetero) is 1. The SMILES string of the molecule is O=C1CCN(CCc2ccco2)C1. The van der Waals surface area contributed by atoms with Crippen LogP contribution in [-0.4, -0.2) is 30.3 Å². The molecule has 0 saturated carbocycles. The molecule has 1 aromatic heterocycles. The molecule has 13 heavy (non-hydrogen) atoms. The maximum Gasteiger partial charge on any atom is 0.148 e. The lowest BCUT2D eigenvalue weighted by Crippen LogP contribution is -2.23. The van der Waals surface area contributed by atoms with Gasteiger partial charge >= 0.3 is 0 Å². The van der Waals surface area contributed by atoms with Gasteiger partial charge in [-0.2, -0.15) is 0 Å². The highest BCUT2D eigenvalue weighted by atomic mass is 16.3. The van der Waals surface area contributed by atoms with E-state index >= 15 is 0 Å². The van der Waals surface area contributed by atoms with Crippen molar-refractivity contribution in [3.8, 4) is 0 Å². The summed E-state index contributed by atoms with van der Waals surface area (Å²) in [4.78, 5) is 13.1. The topological polar surface area (TPSA) is 33.5 Å². The van der Waals surface area contributed by atoms with E-state index in [9.17, 15) is 4.79 Å². The summed E-state index contributed by atoms with van der Waals surface area (Å²) in [6.07, 6.45) is 3.31. The molecule has 0 atom stereocenters. The molecule has 1 aliphatic heterocycles. The van der Waals surface area contributed by atoms with Gasteiger partial charge in [0, 0.05) is 25.9 Å². The van der Waals surface area contributed by atoms with Crippen LogP contribution in [0.5, 0.6) is 0 Å². The van der Waals surface area contributed by atoms with Crippen molar-refractivity contribution in [1.82, 2.24) is 4.90 Å². The van der Waals surface area contributed by atoms with E-state index in [0.29, 0.717) is 12.3 Å². The van der Waals surface area contributed by atoms with Crippen molar-refractivity contribution in [3.05, 3.63) is 24.2 Å². The van der Waals surface area contributed by atoms with Gasteiger partial charge in [-0.15, -0.1) is 0 Å². The van der Waals surface area contributed by atoms with Crippen LogP contribution in [-0.2, 0) is 11.2 Å². The number of carbonyl (C=O) groups is 1. The molecule has 1 aromatic rings. The highest BCUT2D eigenvalue weighted by molar-refractivity contribution is 5.82. The van der Waals surface area contributed by atoms with Crippen molar-refractivity contribution in [2.75, 3.05) is 19.6 Å². The third kappa shape index (κ3) is 2.18. The Kier molecular flexibility index (Phi) is 2.45. The second-order valence-electron chi connectivity index (χ2n) is 3.39. The Hall–Kier alpha value is -1.09. The molecular weight excluding hydrogens is 166 g/mol. The van der Waals surface area contributed by atoms with E-state index in [4.69, 9.17) is 4.42 Å². The van der Waals surface area contributed by atoms with Crippen molar-refractivity contribution in [2.45, 2.75) is 12.8 Å². The Morgan fingerprint density at radius 1 is 1.54 bits per heavy atom. The van der Waals surface area contributed by atoms with Crippen LogP contribution in [0.4, 0.5) is 0 Å². The molecular formula is C10H13NO2. The fraction of sp³-hybridized carbons (Fsp3) is 0.500. The first-order valence-corrected chi connectivity index (χ1v) is 4.61. The van der Waals surface area contributed by atoms with E-state index in [1.54, 1.807) is 6.26 Å². The largest absolute Gasteiger partial charge is 0.469 e. The summed E-state index contributed by atoms with van der Waals surface area (Å²) in [6.45, 7) is 2.47. The molecule has 2 rings (SSSR count). The molecule has 0 unspecified atom stereocenters. The molecule has 0 amide bonds. The van der Waals surface area contributed by atoms with Crippen LogP contribution < -0.4 is 0 Å². The van der Waals surface area contributed by atoms with E-state index in [1.807, 2.05) is 12.1 Å². The minimum atomic E-state index is 0.361. The normalized spacial score (nSPS) is 18.3. The molecule has 70 valence electrons. The molecule has 0 radical (unpaired) electrons.